The van der Waals surface area contributed by atoms with Gasteiger partial charge >= 0.3 is 6.03 Å². The third kappa shape index (κ3) is 6.40. The van der Waals surface area contributed by atoms with Crippen LogP contribution < -0.4 is 10.6 Å². The van der Waals surface area contributed by atoms with Crippen molar-refractivity contribution in [3.05, 3.63) is 66.0 Å². The summed E-state index contributed by atoms with van der Waals surface area (Å²) in [5.74, 6) is -0.208. The molecule has 3 rings (SSSR count). The first-order chi connectivity index (χ1) is 15.1. The molecule has 0 aliphatic carbocycles. The van der Waals surface area contributed by atoms with Gasteiger partial charge in [-0.05, 0) is 57.5 Å². The minimum Gasteiger partial charge on any atom is -0.333 e. The van der Waals surface area contributed by atoms with E-state index in [0.717, 1.165) is 5.56 Å². The molecule has 168 valence electrons. The van der Waals surface area contributed by atoms with Gasteiger partial charge in [0.05, 0.1) is 11.8 Å². The first-order valence-corrected chi connectivity index (χ1v) is 11.0. The van der Waals surface area contributed by atoms with Gasteiger partial charge in [0.15, 0.2) is 11.0 Å². The van der Waals surface area contributed by atoms with Crippen LogP contribution in [0.3, 0.4) is 0 Å². The second kappa shape index (κ2) is 9.95. The number of aromatic nitrogens is 3. The van der Waals surface area contributed by atoms with Crippen LogP contribution in [0.1, 0.15) is 33.3 Å². The molecule has 1 aromatic heterocycles. The lowest BCUT2D eigenvalue weighted by Crippen LogP contribution is -2.49. The molecule has 1 unspecified atom stereocenters. The lowest BCUT2D eigenvalue weighted by molar-refractivity contribution is -0.119. The predicted octanol–water partition coefficient (Wildman–Crippen LogP) is 4.24. The minimum absolute atomic E-state index is 0.337. The van der Waals surface area contributed by atoms with Crippen LogP contribution in [0.4, 0.5) is 9.18 Å². The number of nitrogens with zero attached hydrogens (tertiary/aromatic N) is 3. The number of thioether (sulfide) groups is 1. The SMILES string of the molecule is CC(Sc1nnc(-c2ccc(F)cc2)n1Cc1ccccc1)C(=O)NC(=O)NC(C)(C)C. The van der Waals surface area contributed by atoms with Crippen molar-refractivity contribution < 1.29 is 14.0 Å². The Bertz CT molecular complexity index is 1080. The number of urea groups is 1. The predicted molar refractivity (Wildman–Crippen MR) is 123 cm³/mol. The number of carbonyl (C=O) groups is 2. The summed E-state index contributed by atoms with van der Waals surface area (Å²) in [6, 6.07) is 15.2. The van der Waals surface area contributed by atoms with E-state index in [1.807, 2.05) is 55.7 Å². The number of imide groups is 1. The Kier molecular flexibility index (Phi) is 7.29. The lowest BCUT2D eigenvalue weighted by Gasteiger charge is -2.21. The van der Waals surface area contributed by atoms with E-state index in [0.29, 0.717) is 23.1 Å². The van der Waals surface area contributed by atoms with E-state index in [1.165, 1.54) is 23.9 Å². The number of amides is 3. The monoisotopic (exact) mass is 455 g/mol. The summed E-state index contributed by atoms with van der Waals surface area (Å²) in [6.07, 6.45) is 0. The van der Waals surface area contributed by atoms with E-state index in [2.05, 4.69) is 20.8 Å². The van der Waals surface area contributed by atoms with Gasteiger partial charge in [0.2, 0.25) is 5.91 Å². The molecular formula is C23H26FN5O2S. The fraction of sp³-hybridized carbons (Fsp3) is 0.304. The number of hydrogen-bond donors (Lipinski definition) is 2. The number of benzene rings is 2. The third-order valence-corrected chi connectivity index (χ3v) is 5.46. The highest BCUT2D eigenvalue weighted by molar-refractivity contribution is 8.00. The van der Waals surface area contributed by atoms with E-state index in [1.54, 1.807) is 19.1 Å². The molecule has 3 amide bonds. The number of carbonyl (C=O) groups excluding carboxylic acids is 2. The Hall–Kier alpha value is -3.20. The van der Waals surface area contributed by atoms with Gasteiger partial charge in [-0.15, -0.1) is 10.2 Å². The second-order valence-corrected chi connectivity index (χ2v) is 9.65. The summed E-state index contributed by atoms with van der Waals surface area (Å²) in [6.45, 7) is 7.67. The maximum absolute atomic E-state index is 13.4. The van der Waals surface area contributed by atoms with E-state index in [9.17, 15) is 14.0 Å². The molecule has 2 N–H and O–H groups in total. The zero-order valence-electron chi connectivity index (χ0n) is 18.4. The summed E-state index contributed by atoms with van der Waals surface area (Å²) in [4.78, 5) is 24.6. The highest BCUT2D eigenvalue weighted by Gasteiger charge is 2.23. The molecule has 0 radical (unpaired) electrons. The van der Waals surface area contributed by atoms with Crippen molar-refractivity contribution in [2.24, 2.45) is 0 Å². The van der Waals surface area contributed by atoms with Crippen molar-refractivity contribution in [3.63, 3.8) is 0 Å². The van der Waals surface area contributed by atoms with Crippen molar-refractivity contribution >= 4 is 23.7 Å². The number of rotatable bonds is 6. The maximum Gasteiger partial charge on any atom is 0.321 e. The fourth-order valence-electron chi connectivity index (χ4n) is 2.89. The summed E-state index contributed by atoms with van der Waals surface area (Å²) in [5.41, 5.74) is 1.28. The van der Waals surface area contributed by atoms with Crippen LogP contribution >= 0.6 is 11.8 Å². The zero-order valence-corrected chi connectivity index (χ0v) is 19.2. The number of nitrogens with one attached hydrogen (secondary N) is 2. The van der Waals surface area contributed by atoms with E-state index < -0.39 is 22.7 Å². The molecule has 9 heteroatoms. The quantitative estimate of drug-likeness (QED) is 0.543. The smallest absolute Gasteiger partial charge is 0.321 e. The molecule has 0 saturated carbocycles. The Morgan fingerprint density at radius 3 is 2.34 bits per heavy atom. The van der Waals surface area contributed by atoms with Crippen molar-refractivity contribution in [1.82, 2.24) is 25.4 Å². The molecule has 3 aromatic rings. The first kappa shape index (κ1) is 23.5. The molecular weight excluding hydrogens is 429 g/mol. The van der Waals surface area contributed by atoms with Gasteiger partial charge in [0.25, 0.3) is 0 Å². The summed E-state index contributed by atoms with van der Waals surface area (Å²) in [7, 11) is 0. The van der Waals surface area contributed by atoms with Gasteiger partial charge in [-0.25, -0.2) is 9.18 Å². The zero-order chi connectivity index (χ0) is 23.3. The van der Waals surface area contributed by atoms with Crippen molar-refractivity contribution in [1.29, 1.82) is 0 Å². The first-order valence-electron chi connectivity index (χ1n) is 10.1. The van der Waals surface area contributed by atoms with Crippen LogP contribution in [0, 0.1) is 5.82 Å². The van der Waals surface area contributed by atoms with E-state index in [4.69, 9.17) is 0 Å². The number of hydrogen-bond acceptors (Lipinski definition) is 5. The molecule has 0 saturated heterocycles. The van der Waals surface area contributed by atoms with Crippen LogP contribution in [0.15, 0.2) is 59.8 Å². The minimum atomic E-state index is -0.597. The summed E-state index contributed by atoms with van der Waals surface area (Å²) in [5, 5.41) is 13.6. The van der Waals surface area contributed by atoms with E-state index in [-0.39, 0.29) is 5.82 Å². The van der Waals surface area contributed by atoms with Gasteiger partial charge < -0.3 is 5.32 Å². The number of halogens is 1. The summed E-state index contributed by atoms with van der Waals surface area (Å²) >= 11 is 1.20. The highest BCUT2D eigenvalue weighted by Crippen LogP contribution is 2.28. The Morgan fingerprint density at radius 2 is 1.72 bits per heavy atom. The molecule has 2 aromatic carbocycles. The largest absolute Gasteiger partial charge is 0.333 e. The van der Waals surface area contributed by atoms with Gasteiger partial charge in [-0.1, -0.05) is 42.1 Å². The molecule has 0 aliphatic rings. The van der Waals surface area contributed by atoms with Crippen LogP contribution in [0.5, 0.6) is 0 Å². The Labute approximate surface area is 190 Å². The molecule has 0 fully saturated rings. The molecule has 1 heterocycles. The average Bonchev–Trinajstić information content (AvgIpc) is 3.10. The summed E-state index contributed by atoms with van der Waals surface area (Å²) < 4.78 is 15.3. The van der Waals surface area contributed by atoms with Gasteiger partial charge in [-0.3, -0.25) is 14.7 Å². The normalized spacial score (nSPS) is 12.3. The van der Waals surface area contributed by atoms with Crippen molar-refractivity contribution in [2.75, 3.05) is 0 Å². The Morgan fingerprint density at radius 1 is 1.06 bits per heavy atom. The highest BCUT2D eigenvalue weighted by atomic mass is 32.2. The van der Waals surface area contributed by atoms with Gasteiger partial charge in [0.1, 0.15) is 5.82 Å². The molecule has 0 aliphatic heterocycles. The van der Waals surface area contributed by atoms with Crippen molar-refractivity contribution in [2.45, 2.75) is 50.2 Å². The molecule has 32 heavy (non-hydrogen) atoms. The fourth-order valence-corrected chi connectivity index (χ4v) is 3.74. The Balaban J connectivity index is 1.83. The lowest BCUT2D eigenvalue weighted by atomic mass is 10.1. The van der Waals surface area contributed by atoms with Gasteiger partial charge in [-0.2, -0.15) is 0 Å². The van der Waals surface area contributed by atoms with Crippen LogP contribution in [-0.4, -0.2) is 37.5 Å². The van der Waals surface area contributed by atoms with Crippen LogP contribution in [0.2, 0.25) is 0 Å². The third-order valence-electron chi connectivity index (χ3n) is 4.38. The van der Waals surface area contributed by atoms with Crippen LogP contribution in [-0.2, 0) is 11.3 Å². The van der Waals surface area contributed by atoms with E-state index >= 15 is 0 Å². The standard InChI is InChI=1S/C23H26FN5O2S/c1-15(20(30)25-21(31)26-23(2,3)4)32-22-28-27-19(17-10-12-18(24)13-11-17)29(22)14-16-8-6-5-7-9-16/h5-13,15H,14H2,1-4H3,(H2,25,26,30,31). The van der Waals surface area contributed by atoms with Crippen LogP contribution in [0.25, 0.3) is 11.4 Å². The van der Waals surface area contributed by atoms with Crippen molar-refractivity contribution in [3.8, 4) is 11.4 Å². The second-order valence-electron chi connectivity index (χ2n) is 8.34. The topological polar surface area (TPSA) is 88.9 Å². The molecule has 7 nitrogen and oxygen atoms in total. The maximum atomic E-state index is 13.4. The molecule has 0 bridgehead atoms. The molecule has 0 spiro atoms. The van der Waals surface area contributed by atoms with Gasteiger partial charge in [0, 0.05) is 11.1 Å². The molecule has 1 atom stereocenters. The average molecular weight is 456 g/mol.